The fourth-order valence-corrected chi connectivity index (χ4v) is 3.81. The molecule has 0 unspecified atom stereocenters. The van der Waals surface area contributed by atoms with E-state index in [9.17, 15) is 0 Å². The lowest BCUT2D eigenvalue weighted by Gasteiger charge is -2.36. The molecule has 1 heterocycles. The molecule has 1 aliphatic rings. The predicted molar refractivity (Wildman–Crippen MR) is 124 cm³/mol. The summed E-state index contributed by atoms with van der Waals surface area (Å²) < 4.78 is 16.4. The van der Waals surface area contributed by atoms with E-state index in [4.69, 9.17) is 14.2 Å². The number of nitrogens with one attached hydrogen (secondary N) is 2. The Labute approximate surface area is 184 Å². The second-order valence-corrected chi connectivity index (χ2v) is 7.57. The Morgan fingerprint density at radius 3 is 2.48 bits per heavy atom. The van der Waals surface area contributed by atoms with Crippen molar-refractivity contribution in [3.8, 4) is 11.5 Å². The first-order chi connectivity index (χ1) is 12.7. The van der Waals surface area contributed by atoms with Crippen LogP contribution in [-0.2, 0) is 11.2 Å². The summed E-state index contributed by atoms with van der Waals surface area (Å²) in [6.07, 6.45) is 5.20. The molecule has 0 atom stereocenters. The number of hydrogen-bond acceptors (Lipinski definition) is 5. The van der Waals surface area contributed by atoms with Crippen molar-refractivity contribution >= 4 is 41.7 Å². The predicted octanol–water partition coefficient (Wildman–Crippen LogP) is 2.94. The SMILES string of the molecule is CN=C(NCCc1ccc(OC)c(OC)c1)NCC1(SC)CCOCC1.I. The average Bonchev–Trinajstić information content (AvgIpc) is 2.71. The van der Waals surface area contributed by atoms with E-state index in [1.165, 1.54) is 5.56 Å². The first-order valence-corrected chi connectivity index (χ1v) is 10.2. The van der Waals surface area contributed by atoms with Crippen molar-refractivity contribution in [3.05, 3.63) is 23.8 Å². The van der Waals surface area contributed by atoms with Gasteiger partial charge in [-0.3, -0.25) is 4.99 Å². The normalized spacial score (nSPS) is 16.2. The van der Waals surface area contributed by atoms with Crippen LogP contribution < -0.4 is 20.1 Å². The molecular weight excluding hydrogens is 477 g/mol. The van der Waals surface area contributed by atoms with E-state index in [0.717, 1.165) is 63.0 Å². The highest BCUT2D eigenvalue weighted by Crippen LogP contribution is 2.33. The molecule has 27 heavy (non-hydrogen) atoms. The van der Waals surface area contributed by atoms with Crippen molar-refractivity contribution in [2.75, 3.05) is 53.8 Å². The highest BCUT2D eigenvalue weighted by molar-refractivity contribution is 14.0. The second-order valence-electron chi connectivity index (χ2n) is 6.29. The van der Waals surface area contributed by atoms with E-state index in [-0.39, 0.29) is 28.7 Å². The van der Waals surface area contributed by atoms with Crippen LogP contribution in [0.25, 0.3) is 0 Å². The van der Waals surface area contributed by atoms with Gasteiger partial charge in [0.15, 0.2) is 17.5 Å². The summed E-state index contributed by atoms with van der Waals surface area (Å²) in [5, 5.41) is 6.87. The summed E-state index contributed by atoms with van der Waals surface area (Å²) in [4.78, 5) is 4.34. The van der Waals surface area contributed by atoms with E-state index in [2.05, 4.69) is 27.9 Å². The van der Waals surface area contributed by atoms with Gasteiger partial charge in [-0.15, -0.1) is 24.0 Å². The molecule has 154 valence electrons. The highest BCUT2D eigenvalue weighted by atomic mass is 127. The zero-order chi connectivity index (χ0) is 18.8. The van der Waals surface area contributed by atoms with Gasteiger partial charge in [-0.2, -0.15) is 11.8 Å². The van der Waals surface area contributed by atoms with Gasteiger partial charge in [0.2, 0.25) is 0 Å². The van der Waals surface area contributed by atoms with Crippen LogP contribution in [0, 0.1) is 0 Å². The van der Waals surface area contributed by atoms with E-state index < -0.39 is 0 Å². The van der Waals surface area contributed by atoms with Gasteiger partial charge in [0.25, 0.3) is 0 Å². The van der Waals surface area contributed by atoms with Crippen LogP contribution in [0.15, 0.2) is 23.2 Å². The largest absolute Gasteiger partial charge is 0.493 e. The molecule has 8 heteroatoms. The van der Waals surface area contributed by atoms with Crippen LogP contribution in [0.5, 0.6) is 11.5 Å². The third-order valence-corrected chi connectivity index (χ3v) is 6.21. The molecule has 0 aromatic heterocycles. The molecule has 0 bridgehead atoms. The van der Waals surface area contributed by atoms with Crippen LogP contribution in [0.1, 0.15) is 18.4 Å². The van der Waals surface area contributed by atoms with Gasteiger partial charge >= 0.3 is 0 Å². The molecule has 0 aliphatic carbocycles. The van der Waals surface area contributed by atoms with Crippen molar-refractivity contribution in [1.82, 2.24) is 10.6 Å². The minimum Gasteiger partial charge on any atom is -0.493 e. The lowest BCUT2D eigenvalue weighted by Crippen LogP contribution is -2.48. The van der Waals surface area contributed by atoms with Crippen LogP contribution in [0.4, 0.5) is 0 Å². The van der Waals surface area contributed by atoms with Gasteiger partial charge in [0.05, 0.1) is 14.2 Å². The molecule has 1 aromatic rings. The van der Waals surface area contributed by atoms with E-state index in [0.29, 0.717) is 0 Å². The zero-order valence-corrected chi connectivity index (χ0v) is 19.8. The van der Waals surface area contributed by atoms with E-state index in [1.54, 1.807) is 14.2 Å². The Morgan fingerprint density at radius 1 is 1.19 bits per heavy atom. The van der Waals surface area contributed by atoms with Crippen molar-refractivity contribution in [2.45, 2.75) is 24.0 Å². The van der Waals surface area contributed by atoms with Crippen molar-refractivity contribution < 1.29 is 14.2 Å². The maximum absolute atomic E-state index is 5.50. The first kappa shape index (κ1) is 24.2. The number of benzene rings is 1. The van der Waals surface area contributed by atoms with Crippen molar-refractivity contribution in [3.63, 3.8) is 0 Å². The second kappa shape index (κ2) is 12.6. The summed E-state index contributed by atoms with van der Waals surface area (Å²) in [5.74, 6) is 2.35. The Balaban J connectivity index is 0.00000364. The summed E-state index contributed by atoms with van der Waals surface area (Å²) in [7, 11) is 5.11. The summed E-state index contributed by atoms with van der Waals surface area (Å²) in [6.45, 7) is 3.37. The molecule has 1 fully saturated rings. The fourth-order valence-electron chi connectivity index (χ4n) is 3.02. The molecule has 0 radical (unpaired) electrons. The number of hydrogen-bond donors (Lipinski definition) is 2. The Bertz CT molecular complexity index is 596. The van der Waals surface area contributed by atoms with Crippen LogP contribution in [-0.4, -0.2) is 64.5 Å². The monoisotopic (exact) mass is 509 g/mol. The number of guanidine groups is 1. The van der Waals surface area contributed by atoms with Gasteiger partial charge in [0.1, 0.15) is 0 Å². The molecule has 1 aromatic carbocycles. The summed E-state index contributed by atoms with van der Waals surface area (Å²) in [5.41, 5.74) is 1.19. The van der Waals surface area contributed by atoms with E-state index >= 15 is 0 Å². The van der Waals surface area contributed by atoms with E-state index in [1.807, 2.05) is 30.9 Å². The molecule has 2 rings (SSSR count). The molecule has 6 nitrogen and oxygen atoms in total. The standard InChI is InChI=1S/C19H31N3O3S.HI/c1-20-18(22-14-19(26-4)8-11-25-12-9-19)21-10-7-15-5-6-16(23-2)17(13-15)24-3;/h5-6,13H,7-12,14H2,1-4H3,(H2,20,21,22);1H. The van der Waals surface area contributed by atoms with Gasteiger partial charge < -0.3 is 24.8 Å². The van der Waals surface area contributed by atoms with Crippen LogP contribution >= 0.6 is 35.7 Å². The molecular formula is C19H32IN3O3S. The number of thioether (sulfide) groups is 1. The quantitative estimate of drug-likeness (QED) is 0.319. The van der Waals surface area contributed by atoms with Crippen molar-refractivity contribution in [1.29, 1.82) is 0 Å². The number of aliphatic imine (C=N–C) groups is 1. The summed E-state index contributed by atoms with van der Waals surface area (Å²) >= 11 is 1.92. The number of halogens is 1. The smallest absolute Gasteiger partial charge is 0.191 e. The lowest BCUT2D eigenvalue weighted by molar-refractivity contribution is 0.0783. The van der Waals surface area contributed by atoms with Gasteiger partial charge in [-0.05, 0) is 43.2 Å². The molecule has 1 aliphatic heterocycles. The fraction of sp³-hybridized carbons (Fsp3) is 0.632. The summed E-state index contributed by atoms with van der Waals surface area (Å²) in [6, 6.07) is 6.01. The van der Waals surface area contributed by atoms with Crippen LogP contribution in [0.2, 0.25) is 0 Å². The Morgan fingerprint density at radius 2 is 1.89 bits per heavy atom. The Kier molecular flexibility index (Phi) is 11.2. The lowest BCUT2D eigenvalue weighted by atomic mass is 9.99. The highest BCUT2D eigenvalue weighted by Gasteiger charge is 2.31. The molecule has 1 saturated heterocycles. The zero-order valence-electron chi connectivity index (χ0n) is 16.7. The number of methoxy groups -OCH3 is 2. The third-order valence-electron chi connectivity index (χ3n) is 4.79. The number of rotatable bonds is 8. The van der Waals surface area contributed by atoms with Crippen LogP contribution in [0.3, 0.4) is 0 Å². The minimum absolute atomic E-state index is 0. The third kappa shape index (κ3) is 7.23. The van der Waals surface area contributed by atoms with Gasteiger partial charge in [0, 0.05) is 38.1 Å². The molecule has 0 spiro atoms. The molecule has 0 amide bonds. The first-order valence-electron chi connectivity index (χ1n) is 8.94. The topological polar surface area (TPSA) is 64.1 Å². The van der Waals surface area contributed by atoms with Gasteiger partial charge in [-0.25, -0.2) is 0 Å². The van der Waals surface area contributed by atoms with Gasteiger partial charge in [-0.1, -0.05) is 6.07 Å². The average molecular weight is 509 g/mol. The number of nitrogens with zero attached hydrogens (tertiary/aromatic N) is 1. The molecule has 2 N–H and O–H groups in total. The Hall–Kier alpha value is -0.870. The molecule has 0 saturated carbocycles. The maximum Gasteiger partial charge on any atom is 0.191 e. The maximum atomic E-state index is 5.50. The number of ether oxygens (including phenoxy) is 3. The van der Waals surface area contributed by atoms with Crippen molar-refractivity contribution in [2.24, 2.45) is 4.99 Å². The minimum atomic E-state index is 0.